The van der Waals surface area contributed by atoms with Crippen molar-refractivity contribution in [2.45, 2.75) is 38.4 Å². The van der Waals surface area contributed by atoms with E-state index in [0.29, 0.717) is 0 Å². The van der Waals surface area contributed by atoms with Gasteiger partial charge in [-0.1, -0.05) is 11.6 Å². The number of hydrogen-bond donors (Lipinski definition) is 1. The lowest BCUT2D eigenvalue weighted by Crippen LogP contribution is -2.57. The number of ether oxygens (including phenoxy) is 1. The molecule has 5 heteroatoms. The normalized spacial score (nSPS) is 23.8. The van der Waals surface area contributed by atoms with Crippen LogP contribution in [0.5, 0.6) is 0 Å². The molecule has 18 heavy (non-hydrogen) atoms. The molecule has 0 bridgehead atoms. The van der Waals surface area contributed by atoms with Crippen LogP contribution in [0.25, 0.3) is 0 Å². The molecule has 2 atom stereocenters. The molecule has 0 radical (unpaired) electrons. The van der Waals surface area contributed by atoms with Gasteiger partial charge >= 0.3 is 0 Å². The fourth-order valence-corrected chi connectivity index (χ4v) is 3.86. The van der Waals surface area contributed by atoms with Gasteiger partial charge in [-0.3, -0.25) is 4.90 Å². The third-order valence-electron chi connectivity index (χ3n) is 3.43. The first-order chi connectivity index (χ1) is 8.42. The summed E-state index contributed by atoms with van der Waals surface area (Å²) >= 11 is 7.68. The van der Waals surface area contributed by atoms with Gasteiger partial charge in [-0.05, 0) is 32.9 Å². The highest BCUT2D eigenvalue weighted by atomic mass is 35.5. The second-order valence-electron chi connectivity index (χ2n) is 5.50. The Labute approximate surface area is 118 Å². The Morgan fingerprint density at radius 2 is 2.22 bits per heavy atom. The Bertz CT molecular complexity index is 405. The quantitative estimate of drug-likeness (QED) is 0.929. The number of hydrogen-bond acceptors (Lipinski definition) is 4. The number of nitrogens with two attached hydrogens (primary N) is 1. The van der Waals surface area contributed by atoms with Crippen molar-refractivity contribution in [3.63, 3.8) is 0 Å². The van der Waals surface area contributed by atoms with Gasteiger partial charge in [-0.15, -0.1) is 11.3 Å². The maximum Gasteiger partial charge on any atom is 0.0931 e. The van der Waals surface area contributed by atoms with Gasteiger partial charge in [0.2, 0.25) is 0 Å². The first-order valence-corrected chi connectivity index (χ1v) is 7.46. The third-order valence-corrected chi connectivity index (χ3v) is 4.73. The van der Waals surface area contributed by atoms with Gasteiger partial charge in [-0.25, -0.2) is 0 Å². The largest absolute Gasteiger partial charge is 0.378 e. The fraction of sp³-hybridized carbons (Fsp3) is 0.692. The molecule has 0 amide bonds. The summed E-state index contributed by atoms with van der Waals surface area (Å²) < 4.78 is 6.40. The molecule has 1 fully saturated rings. The summed E-state index contributed by atoms with van der Waals surface area (Å²) in [5.41, 5.74) is 6.22. The van der Waals surface area contributed by atoms with Crippen molar-refractivity contribution in [2.24, 2.45) is 5.73 Å². The van der Waals surface area contributed by atoms with Crippen molar-refractivity contribution in [2.75, 3.05) is 19.8 Å². The van der Waals surface area contributed by atoms with E-state index in [9.17, 15) is 0 Å². The summed E-state index contributed by atoms with van der Waals surface area (Å²) in [6.07, 6.45) is 0. The van der Waals surface area contributed by atoms with Crippen LogP contribution in [-0.4, -0.2) is 36.2 Å². The Morgan fingerprint density at radius 1 is 1.50 bits per heavy atom. The minimum absolute atomic E-state index is 0.00696. The highest BCUT2D eigenvalue weighted by molar-refractivity contribution is 7.16. The molecule has 1 aromatic rings. The molecule has 0 saturated carbocycles. The van der Waals surface area contributed by atoms with E-state index in [0.717, 1.165) is 24.1 Å². The molecule has 2 heterocycles. The van der Waals surface area contributed by atoms with E-state index >= 15 is 0 Å². The Hall–Kier alpha value is -0.130. The predicted molar refractivity (Wildman–Crippen MR) is 77.3 cm³/mol. The molecule has 0 spiro atoms. The zero-order valence-electron chi connectivity index (χ0n) is 11.1. The Morgan fingerprint density at radius 3 is 2.72 bits per heavy atom. The van der Waals surface area contributed by atoms with E-state index in [1.54, 1.807) is 11.3 Å². The van der Waals surface area contributed by atoms with Gasteiger partial charge in [0.05, 0.1) is 23.6 Å². The van der Waals surface area contributed by atoms with Crippen LogP contribution < -0.4 is 5.73 Å². The van der Waals surface area contributed by atoms with Crippen LogP contribution in [0.4, 0.5) is 0 Å². The van der Waals surface area contributed by atoms with Gasteiger partial charge in [0.15, 0.2) is 0 Å². The van der Waals surface area contributed by atoms with Crippen LogP contribution in [0, 0.1) is 0 Å². The summed E-state index contributed by atoms with van der Waals surface area (Å²) in [6, 6.07) is 4.32. The van der Waals surface area contributed by atoms with Crippen LogP contribution in [-0.2, 0) is 4.74 Å². The smallest absolute Gasteiger partial charge is 0.0931 e. The molecule has 0 aliphatic carbocycles. The first kappa shape index (κ1) is 14.3. The Balaban J connectivity index is 2.30. The zero-order valence-corrected chi connectivity index (χ0v) is 12.7. The van der Waals surface area contributed by atoms with Crippen molar-refractivity contribution in [1.82, 2.24) is 4.90 Å². The molecule has 2 rings (SSSR count). The van der Waals surface area contributed by atoms with Crippen LogP contribution in [0.1, 0.15) is 31.7 Å². The first-order valence-electron chi connectivity index (χ1n) is 6.27. The second kappa shape index (κ2) is 5.47. The number of morpholine rings is 1. The van der Waals surface area contributed by atoms with Gasteiger partial charge in [-0.2, -0.15) is 0 Å². The average Bonchev–Trinajstić information content (AvgIpc) is 2.67. The summed E-state index contributed by atoms with van der Waals surface area (Å²) in [5, 5.41) is 0. The summed E-state index contributed by atoms with van der Waals surface area (Å²) in [6.45, 7) is 8.90. The van der Waals surface area contributed by atoms with Gasteiger partial charge < -0.3 is 10.5 Å². The van der Waals surface area contributed by atoms with E-state index in [2.05, 4.69) is 31.7 Å². The van der Waals surface area contributed by atoms with Gasteiger partial charge in [0.25, 0.3) is 0 Å². The highest BCUT2D eigenvalue weighted by Gasteiger charge is 2.38. The molecule has 2 unspecified atom stereocenters. The van der Waals surface area contributed by atoms with Crippen molar-refractivity contribution in [1.29, 1.82) is 0 Å². The summed E-state index contributed by atoms with van der Waals surface area (Å²) in [5.74, 6) is 0. The Kier molecular flexibility index (Phi) is 4.34. The molecule has 102 valence electrons. The number of halogens is 1. The van der Waals surface area contributed by atoms with Crippen molar-refractivity contribution < 1.29 is 4.74 Å². The standard InChI is InChI=1S/C13H21ClN2OS/c1-9(15)12(10-4-5-11(14)18-10)16-6-7-17-8-13(16,2)3/h4-5,9,12H,6-8,15H2,1-3H3. The maximum absolute atomic E-state index is 6.21. The number of rotatable bonds is 3. The highest BCUT2D eigenvalue weighted by Crippen LogP contribution is 2.36. The van der Waals surface area contributed by atoms with E-state index in [-0.39, 0.29) is 17.6 Å². The third kappa shape index (κ3) is 2.89. The second-order valence-corrected chi connectivity index (χ2v) is 7.25. The van der Waals surface area contributed by atoms with Crippen LogP contribution >= 0.6 is 22.9 Å². The lowest BCUT2D eigenvalue weighted by atomic mass is 9.96. The van der Waals surface area contributed by atoms with Crippen molar-refractivity contribution in [3.05, 3.63) is 21.3 Å². The molecule has 0 aromatic carbocycles. The van der Waals surface area contributed by atoms with Crippen molar-refractivity contribution >= 4 is 22.9 Å². The molecule has 1 aliphatic rings. The van der Waals surface area contributed by atoms with Gasteiger partial charge in [0.1, 0.15) is 0 Å². The SMILES string of the molecule is CC(N)C(c1ccc(Cl)s1)N1CCOCC1(C)C. The summed E-state index contributed by atoms with van der Waals surface area (Å²) in [4.78, 5) is 3.69. The minimum atomic E-state index is 0.00696. The molecule has 2 N–H and O–H groups in total. The number of nitrogens with zero attached hydrogens (tertiary/aromatic N) is 1. The molecule has 1 aliphatic heterocycles. The van der Waals surface area contributed by atoms with Crippen LogP contribution in [0.2, 0.25) is 4.34 Å². The minimum Gasteiger partial charge on any atom is -0.378 e. The molecular weight excluding hydrogens is 268 g/mol. The van der Waals surface area contributed by atoms with Crippen LogP contribution in [0.3, 0.4) is 0 Å². The summed E-state index contributed by atoms with van der Waals surface area (Å²) in [7, 11) is 0. The molecule has 1 saturated heterocycles. The molecule has 1 aromatic heterocycles. The van der Waals surface area contributed by atoms with Crippen LogP contribution in [0.15, 0.2) is 12.1 Å². The lowest BCUT2D eigenvalue weighted by molar-refractivity contribution is -0.0759. The van der Waals surface area contributed by atoms with E-state index in [1.807, 2.05) is 6.07 Å². The van der Waals surface area contributed by atoms with E-state index in [1.165, 1.54) is 4.88 Å². The molecule has 3 nitrogen and oxygen atoms in total. The average molecular weight is 289 g/mol. The zero-order chi connectivity index (χ0) is 13.3. The topological polar surface area (TPSA) is 38.5 Å². The lowest BCUT2D eigenvalue weighted by Gasteiger charge is -2.47. The van der Waals surface area contributed by atoms with E-state index < -0.39 is 0 Å². The number of thiophene rings is 1. The maximum atomic E-state index is 6.21. The predicted octanol–water partition coefficient (Wildman–Crippen LogP) is 2.90. The van der Waals surface area contributed by atoms with E-state index in [4.69, 9.17) is 22.1 Å². The fourth-order valence-electron chi connectivity index (χ4n) is 2.57. The van der Waals surface area contributed by atoms with Gasteiger partial charge in [0, 0.05) is 23.0 Å². The van der Waals surface area contributed by atoms with Crippen molar-refractivity contribution in [3.8, 4) is 0 Å². The monoisotopic (exact) mass is 288 g/mol. The molecular formula is C13H21ClN2OS.